The first-order valence-corrected chi connectivity index (χ1v) is 8.74. The van der Waals surface area contributed by atoms with E-state index in [1.165, 1.54) is 12.1 Å². The smallest absolute Gasteiger partial charge is 0.270 e. The third kappa shape index (κ3) is 4.51. The maximum Gasteiger partial charge on any atom is 0.270 e. The molecule has 0 radical (unpaired) electrons. The van der Waals surface area contributed by atoms with Gasteiger partial charge in [-0.3, -0.25) is 10.1 Å². The number of anilines is 2. The molecule has 1 saturated heterocycles. The molecule has 2 aromatic rings. The molecule has 3 rings (SSSR count). The highest BCUT2D eigenvalue weighted by molar-refractivity contribution is 5.61. The molecule has 2 heterocycles. The lowest BCUT2D eigenvalue weighted by Crippen LogP contribution is -2.45. The van der Waals surface area contributed by atoms with Gasteiger partial charge in [0.25, 0.3) is 5.69 Å². The average molecular weight is 367 g/mol. The SMILES string of the molecule is CC1CN(c2ccc(CNc3ccc([N+](=O)[O-])cc3C#N)cn2)CC(C)O1. The molecule has 0 amide bonds. The second kappa shape index (κ2) is 8.01. The number of benzene rings is 1. The van der Waals surface area contributed by atoms with Crippen molar-refractivity contribution in [2.45, 2.75) is 32.6 Å². The van der Waals surface area contributed by atoms with Crippen molar-refractivity contribution >= 4 is 17.2 Å². The van der Waals surface area contributed by atoms with Gasteiger partial charge in [0.15, 0.2) is 0 Å². The van der Waals surface area contributed by atoms with Gasteiger partial charge in [-0.05, 0) is 31.5 Å². The van der Waals surface area contributed by atoms with Crippen molar-refractivity contribution in [1.29, 1.82) is 5.26 Å². The fourth-order valence-corrected chi connectivity index (χ4v) is 3.16. The molecule has 1 aliphatic heterocycles. The van der Waals surface area contributed by atoms with Crippen molar-refractivity contribution < 1.29 is 9.66 Å². The van der Waals surface area contributed by atoms with E-state index in [2.05, 4.69) is 29.0 Å². The Balaban J connectivity index is 1.66. The number of nitro groups is 1. The minimum Gasteiger partial charge on any atom is -0.380 e. The number of nitrogens with zero attached hydrogens (tertiary/aromatic N) is 4. The minimum atomic E-state index is -0.513. The van der Waals surface area contributed by atoms with Gasteiger partial charge in [0, 0.05) is 38.0 Å². The number of ether oxygens (including phenoxy) is 1. The van der Waals surface area contributed by atoms with Crippen molar-refractivity contribution in [1.82, 2.24) is 4.98 Å². The third-order valence-electron chi connectivity index (χ3n) is 4.37. The first-order valence-electron chi connectivity index (χ1n) is 8.74. The highest BCUT2D eigenvalue weighted by Gasteiger charge is 2.23. The standard InChI is InChI=1S/C19H21N5O3/c1-13-11-23(12-14(2)27-13)19-6-3-15(10-22-19)9-21-18-5-4-17(24(25)26)7-16(18)8-20/h3-7,10,13-14,21H,9,11-12H2,1-2H3. The van der Waals surface area contributed by atoms with Crippen molar-refractivity contribution in [2.24, 2.45) is 0 Å². The normalized spacial score (nSPS) is 19.4. The van der Waals surface area contributed by atoms with Crippen LogP contribution in [0.5, 0.6) is 0 Å². The van der Waals surface area contributed by atoms with Crippen LogP contribution in [0.15, 0.2) is 36.5 Å². The van der Waals surface area contributed by atoms with Gasteiger partial charge in [0.1, 0.15) is 11.9 Å². The van der Waals surface area contributed by atoms with Gasteiger partial charge in [-0.25, -0.2) is 4.98 Å². The van der Waals surface area contributed by atoms with Crippen molar-refractivity contribution in [3.63, 3.8) is 0 Å². The molecular formula is C19H21N5O3. The fraction of sp³-hybridized carbons (Fsp3) is 0.368. The zero-order valence-electron chi connectivity index (χ0n) is 15.3. The van der Waals surface area contributed by atoms with Crippen LogP contribution >= 0.6 is 0 Å². The van der Waals surface area contributed by atoms with E-state index in [9.17, 15) is 15.4 Å². The molecular weight excluding hydrogens is 346 g/mol. The largest absolute Gasteiger partial charge is 0.380 e. The molecule has 27 heavy (non-hydrogen) atoms. The molecule has 8 heteroatoms. The predicted octanol–water partition coefficient (Wildman–Crippen LogP) is 3.09. The van der Waals surface area contributed by atoms with Gasteiger partial charge in [-0.1, -0.05) is 6.07 Å². The first kappa shape index (κ1) is 18.6. The number of nitro benzene ring substituents is 1. The molecule has 2 unspecified atom stereocenters. The van der Waals surface area contributed by atoms with E-state index in [4.69, 9.17) is 4.74 Å². The maximum atomic E-state index is 10.8. The van der Waals surface area contributed by atoms with E-state index in [-0.39, 0.29) is 23.5 Å². The number of non-ortho nitro benzene ring substituents is 1. The Hall–Kier alpha value is -3.18. The lowest BCUT2D eigenvalue weighted by molar-refractivity contribution is -0.384. The fourth-order valence-electron chi connectivity index (χ4n) is 3.16. The molecule has 1 aromatic heterocycles. The van der Waals surface area contributed by atoms with E-state index >= 15 is 0 Å². The zero-order chi connectivity index (χ0) is 19.4. The summed E-state index contributed by atoms with van der Waals surface area (Å²) in [6, 6.07) is 10.1. The monoisotopic (exact) mass is 367 g/mol. The highest BCUT2D eigenvalue weighted by Crippen LogP contribution is 2.23. The van der Waals surface area contributed by atoms with E-state index < -0.39 is 4.92 Å². The van der Waals surface area contributed by atoms with Crippen LogP contribution < -0.4 is 10.2 Å². The molecule has 1 fully saturated rings. The van der Waals surface area contributed by atoms with Crippen LogP contribution in [0.2, 0.25) is 0 Å². The highest BCUT2D eigenvalue weighted by atomic mass is 16.6. The molecule has 1 aromatic carbocycles. The Morgan fingerprint density at radius 3 is 2.67 bits per heavy atom. The molecule has 0 aliphatic carbocycles. The predicted molar refractivity (Wildman–Crippen MR) is 102 cm³/mol. The number of hydrogen-bond donors (Lipinski definition) is 1. The van der Waals surface area contributed by atoms with Gasteiger partial charge < -0.3 is 15.0 Å². The molecule has 1 N–H and O–H groups in total. The Morgan fingerprint density at radius 2 is 2.07 bits per heavy atom. The molecule has 0 spiro atoms. The van der Waals surface area contributed by atoms with Gasteiger partial charge >= 0.3 is 0 Å². The third-order valence-corrected chi connectivity index (χ3v) is 4.37. The van der Waals surface area contributed by atoms with Crippen molar-refractivity contribution in [2.75, 3.05) is 23.3 Å². The summed E-state index contributed by atoms with van der Waals surface area (Å²) in [5.41, 5.74) is 1.65. The summed E-state index contributed by atoms with van der Waals surface area (Å²) in [5, 5.41) is 23.2. The van der Waals surface area contributed by atoms with Crippen molar-refractivity contribution in [3.05, 3.63) is 57.8 Å². The van der Waals surface area contributed by atoms with Gasteiger partial charge in [0.05, 0.1) is 28.4 Å². The van der Waals surface area contributed by atoms with E-state index in [0.717, 1.165) is 24.5 Å². The number of rotatable bonds is 5. The Morgan fingerprint density at radius 1 is 1.33 bits per heavy atom. The summed E-state index contributed by atoms with van der Waals surface area (Å²) in [6.07, 6.45) is 2.14. The molecule has 2 atom stereocenters. The molecule has 8 nitrogen and oxygen atoms in total. The zero-order valence-corrected chi connectivity index (χ0v) is 15.3. The van der Waals surface area contributed by atoms with E-state index in [1.54, 1.807) is 12.3 Å². The van der Waals surface area contributed by atoms with Crippen LogP contribution in [0, 0.1) is 21.4 Å². The van der Waals surface area contributed by atoms with Crippen LogP contribution in [-0.2, 0) is 11.3 Å². The number of pyridine rings is 1. The molecule has 140 valence electrons. The summed E-state index contributed by atoms with van der Waals surface area (Å²) < 4.78 is 5.75. The van der Waals surface area contributed by atoms with E-state index in [1.807, 2.05) is 18.2 Å². The van der Waals surface area contributed by atoms with Crippen LogP contribution in [0.4, 0.5) is 17.2 Å². The number of hydrogen-bond acceptors (Lipinski definition) is 7. The van der Waals surface area contributed by atoms with Crippen LogP contribution in [0.1, 0.15) is 25.0 Å². The number of nitriles is 1. The summed E-state index contributed by atoms with van der Waals surface area (Å²) in [7, 11) is 0. The Labute approximate surface area is 157 Å². The summed E-state index contributed by atoms with van der Waals surface area (Å²) in [4.78, 5) is 17.1. The number of morpholine rings is 1. The summed E-state index contributed by atoms with van der Waals surface area (Å²) in [6.45, 7) is 6.19. The Bertz CT molecular complexity index is 853. The van der Waals surface area contributed by atoms with Gasteiger partial charge in [0.2, 0.25) is 0 Å². The van der Waals surface area contributed by atoms with Crippen molar-refractivity contribution in [3.8, 4) is 6.07 Å². The topological polar surface area (TPSA) is 104 Å². The minimum absolute atomic E-state index is 0.0999. The van der Waals surface area contributed by atoms with Crippen LogP contribution in [0.25, 0.3) is 0 Å². The van der Waals surface area contributed by atoms with Gasteiger partial charge in [-0.2, -0.15) is 5.26 Å². The second-order valence-electron chi connectivity index (χ2n) is 6.64. The average Bonchev–Trinajstić information content (AvgIpc) is 2.65. The lowest BCUT2D eigenvalue weighted by atomic mass is 10.1. The molecule has 0 saturated carbocycles. The summed E-state index contributed by atoms with van der Waals surface area (Å²) >= 11 is 0. The number of nitrogens with one attached hydrogen (secondary N) is 1. The second-order valence-corrected chi connectivity index (χ2v) is 6.64. The lowest BCUT2D eigenvalue weighted by Gasteiger charge is -2.36. The van der Waals surface area contributed by atoms with Crippen LogP contribution in [-0.4, -0.2) is 35.2 Å². The molecule has 1 aliphatic rings. The van der Waals surface area contributed by atoms with E-state index in [0.29, 0.717) is 12.2 Å². The maximum absolute atomic E-state index is 10.8. The van der Waals surface area contributed by atoms with Gasteiger partial charge in [-0.15, -0.1) is 0 Å². The Kier molecular flexibility index (Phi) is 5.52. The quantitative estimate of drug-likeness (QED) is 0.639. The number of aromatic nitrogens is 1. The van der Waals surface area contributed by atoms with Crippen LogP contribution in [0.3, 0.4) is 0 Å². The first-order chi connectivity index (χ1) is 13.0. The molecule has 0 bridgehead atoms. The summed E-state index contributed by atoms with van der Waals surface area (Å²) in [5.74, 6) is 0.911.